The Bertz CT molecular complexity index is 1480. The zero-order valence-electron chi connectivity index (χ0n) is 20.1. The first-order valence-electron chi connectivity index (χ1n) is 12.5. The Kier molecular flexibility index (Phi) is 6.73. The summed E-state index contributed by atoms with van der Waals surface area (Å²) in [5.74, 6) is 1.71. The molecule has 1 N–H and O–H groups in total. The fraction of sp³-hybridized carbons (Fsp3) is 0.156. The lowest BCUT2D eigenvalue weighted by atomic mass is 9.77. The molecule has 0 unspecified atom stereocenters. The summed E-state index contributed by atoms with van der Waals surface area (Å²) < 4.78 is 6.07. The number of ether oxygens (including phenoxy) is 1. The van der Waals surface area contributed by atoms with Crippen LogP contribution in [0.3, 0.4) is 0 Å². The lowest BCUT2D eigenvalue weighted by Gasteiger charge is -2.37. The molecular weight excluding hydrogens is 499 g/mol. The van der Waals surface area contributed by atoms with Gasteiger partial charge in [0.15, 0.2) is 0 Å². The number of halogens is 2. The number of rotatable bonds is 6. The standard InChI is InChI=1S/C32H26Cl2N2O/c33-24-6-3-5-21(17-24)20-37-31-16-13-25(34)18-23(31)19-35-26-14-11-22(12-15-26)32-29-9-4-8-27(29)28-7-1-2-10-30(28)36-32/h1-8,10-19,27,29,32,36H,9,20H2/t27-,29+,32+/m1/s1. The quantitative estimate of drug-likeness (QED) is 0.201. The Morgan fingerprint density at radius 2 is 1.73 bits per heavy atom. The normalized spacial score (nSPS) is 19.9. The lowest BCUT2D eigenvalue weighted by molar-refractivity contribution is 0.306. The molecule has 37 heavy (non-hydrogen) atoms. The van der Waals surface area contributed by atoms with Crippen molar-refractivity contribution in [2.75, 3.05) is 5.32 Å². The third-order valence-electron chi connectivity index (χ3n) is 7.13. The number of para-hydroxylation sites is 1. The number of hydrogen-bond acceptors (Lipinski definition) is 3. The van der Waals surface area contributed by atoms with Crippen LogP contribution in [-0.2, 0) is 6.61 Å². The van der Waals surface area contributed by atoms with Gasteiger partial charge in [0, 0.05) is 33.4 Å². The molecule has 184 valence electrons. The van der Waals surface area contributed by atoms with Gasteiger partial charge in [-0.3, -0.25) is 4.99 Å². The van der Waals surface area contributed by atoms with Crippen molar-refractivity contribution in [1.82, 2.24) is 0 Å². The summed E-state index contributed by atoms with van der Waals surface area (Å²) in [6.45, 7) is 0.409. The molecule has 0 fully saturated rings. The van der Waals surface area contributed by atoms with Crippen molar-refractivity contribution in [2.45, 2.75) is 25.0 Å². The molecule has 0 amide bonds. The Balaban J connectivity index is 1.19. The number of benzene rings is 4. The van der Waals surface area contributed by atoms with Gasteiger partial charge in [0.1, 0.15) is 12.4 Å². The Labute approximate surface area is 227 Å². The predicted molar refractivity (Wildman–Crippen MR) is 154 cm³/mol. The number of allylic oxidation sites excluding steroid dienone is 2. The van der Waals surface area contributed by atoms with Gasteiger partial charge in [-0.2, -0.15) is 0 Å². The van der Waals surface area contributed by atoms with Gasteiger partial charge in [-0.15, -0.1) is 0 Å². The number of nitrogens with zero attached hydrogens (tertiary/aromatic N) is 1. The van der Waals surface area contributed by atoms with E-state index in [1.54, 1.807) is 6.21 Å². The van der Waals surface area contributed by atoms with Crippen LogP contribution in [-0.4, -0.2) is 6.21 Å². The number of fused-ring (bicyclic) bond motifs is 3. The Morgan fingerprint density at radius 3 is 2.59 bits per heavy atom. The topological polar surface area (TPSA) is 33.6 Å². The second kappa shape index (κ2) is 10.5. The highest BCUT2D eigenvalue weighted by atomic mass is 35.5. The molecule has 2 aliphatic rings. The third kappa shape index (κ3) is 5.16. The number of anilines is 1. The molecule has 0 saturated carbocycles. The van der Waals surface area contributed by atoms with Crippen LogP contribution in [0.4, 0.5) is 11.4 Å². The molecule has 0 aromatic heterocycles. The van der Waals surface area contributed by atoms with Crippen LogP contribution in [0.25, 0.3) is 0 Å². The van der Waals surface area contributed by atoms with Gasteiger partial charge in [-0.05, 0) is 77.6 Å². The van der Waals surface area contributed by atoms with Crippen LogP contribution in [0.5, 0.6) is 5.75 Å². The SMILES string of the molecule is Clc1cccc(COc2ccc(Cl)cc2C=Nc2ccc([C@@H]3Nc4ccccc4[C@H]4C=CC[C@@H]43)cc2)c1. The molecule has 0 bridgehead atoms. The van der Waals surface area contributed by atoms with Crippen LogP contribution in [0.2, 0.25) is 10.0 Å². The van der Waals surface area contributed by atoms with E-state index in [1.807, 2.05) is 42.5 Å². The van der Waals surface area contributed by atoms with Crippen LogP contribution >= 0.6 is 23.2 Å². The fourth-order valence-electron chi connectivity index (χ4n) is 5.32. The highest BCUT2D eigenvalue weighted by molar-refractivity contribution is 6.31. The average Bonchev–Trinajstić information content (AvgIpc) is 3.42. The number of hydrogen-bond donors (Lipinski definition) is 1. The van der Waals surface area contributed by atoms with Crippen LogP contribution in [0.1, 0.15) is 40.6 Å². The summed E-state index contributed by atoms with van der Waals surface area (Å²) in [4.78, 5) is 4.72. The van der Waals surface area contributed by atoms with Gasteiger partial charge in [0.2, 0.25) is 0 Å². The molecule has 3 atom stereocenters. The summed E-state index contributed by atoms with van der Waals surface area (Å²) in [7, 11) is 0. The van der Waals surface area contributed by atoms with E-state index in [1.165, 1.54) is 16.8 Å². The van der Waals surface area contributed by atoms with E-state index in [0.29, 0.717) is 28.5 Å². The Hall–Kier alpha value is -3.53. The van der Waals surface area contributed by atoms with E-state index in [-0.39, 0.29) is 6.04 Å². The second-order valence-corrected chi connectivity index (χ2v) is 10.4. The highest BCUT2D eigenvalue weighted by Crippen LogP contribution is 2.49. The van der Waals surface area contributed by atoms with E-state index in [9.17, 15) is 0 Å². The van der Waals surface area contributed by atoms with E-state index in [4.69, 9.17) is 32.9 Å². The molecule has 4 aromatic rings. The maximum Gasteiger partial charge on any atom is 0.128 e. The van der Waals surface area contributed by atoms with Gasteiger partial charge in [0.25, 0.3) is 0 Å². The van der Waals surface area contributed by atoms with Crippen molar-refractivity contribution in [1.29, 1.82) is 0 Å². The molecule has 0 radical (unpaired) electrons. The van der Waals surface area contributed by atoms with Gasteiger partial charge < -0.3 is 10.1 Å². The zero-order valence-corrected chi connectivity index (χ0v) is 21.7. The minimum Gasteiger partial charge on any atom is -0.488 e. The molecule has 1 heterocycles. The van der Waals surface area contributed by atoms with Gasteiger partial charge in [-0.25, -0.2) is 0 Å². The Morgan fingerprint density at radius 1 is 0.892 bits per heavy atom. The summed E-state index contributed by atoms with van der Waals surface area (Å²) in [5, 5.41) is 5.11. The maximum atomic E-state index is 6.28. The van der Waals surface area contributed by atoms with E-state index < -0.39 is 0 Å². The van der Waals surface area contributed by atoms with Crippen molar-refractivity contribution >= 4 is 40.8 Å². The van der Waals surface area contributed by atoms with Crippen LogP contribution < -0.4 is 10.1 Å². The summed E-state index contributed by atoms with van der Waals surface area (Å²) in [5.41, 5.74) is 6.60. The van der Waals surface area contributed by atoms with E-state index in [2.05, 4.69) is 66.0 Å². The molecule has 5 heteroatoms. The molecule has 3 nitrogen and oxygen atoms in total. The van der Waals surface area contributed by atoms with Crippen molar-refractivity contribution < 1.29 is 4.74 Å². The first-order valence-corrected chi connectivity index (χ1v) is 13.2. The summed E-state index contributed by atoms with van der Waals surface area (Å²) >= 11 is 12.4. The zero-order chi connectivity index (χ0) is 25.2. The van der Waals surface area contributed by atoms with Crippen molar-refractivity contribution in [3.8, 4) is 5.75 Å². The molecule has 4 aromatic carbocycles. The third-order valence-corrected chi connectivity index (χ3v) is 7.60. The molecular formula is C32H26Cl2N2O. The molecule has 6 rings (SSSR count). The first kappa shape index (κ1) is 23.8. The van der Waals surface area contributed by atoms with E-state index >= 15 is 0 Å². The van der Waals surface area contributed by atoms with Crippen molar-refractivity contribution in [2.24, 2.45) is 10.9 Å². The van der Waals surface area contributed by atoms with Gasteiger partial charge >= 0.3 is 0 Å². The van der Waals surface area contributed by atoms with Gasteiger partial charge in [-0.1, -0.05) is 77.8 Å². The summed E-state index contributed by atoms with van der Waals surface area (Å²) in [6.07, 6.45) is 7.58. The van der Waals surface area contributed by atoms with Crippen molar-refractivity contribution in [3.63, 3.8) is 0 Å². The highest BCUT2D eigenvalue weighted by Gasteiger charge is 2.37. The van der Waals surface area contributed by atoms with Gasteiger partial charge in [0.05, 0.1) is 11.7 Å². The van der Waals surface area contributed by atoms with Crippen LogP contribution in [0.15, 0.2) is 108 Å². The first-order chi connectivity index (χ1) is 18.1. The average molecular weight is 525 g/mol. The predicted octanol–water partition coefficient (Wildman–Crippen LogP) is 9.15. The minimum atomic E-state index is 0.271. The largest absolute Gasteiger partial charge is 0.488 e. The second-order valence-electron chi connectivity index (χ2n) is 9.51. The number of nitrogens with one attached hydrogen (secondary N) is 1. The molecule has 1 aliphatic heterocycles. The number of aliphatic imine (C=N–C) groups is 1. The molecule has 0 spiro atoms. The summed E-state index contributed by atoms with van der Waals surface area (Å²) in [6, 6.07) is 30.6. The maximum absolute atomic E-state index is 6.28. The fourth-order valence-corrected chi connectivity index (χ4v) is 5.72. The molecule has 0 saturated heterocycles. The van der Waals surface area contributed by atoms with E-state index in [0.717, 1.165) is 29.0 Å². The molecule has 1 aliphatic carbocycles. The smallest absolute Gasteiger partial charge is 0.128 e. The van der Waals surface area contributed by atoms with Crippen LogP contribution in [0, 0.1) is 5.92 Å². The van der Waals surface area contributed by atoms with Crippen molar-refractivity contribution in [3.05, 3.63) is 135 Å². The monoisotopic (exact) mass is 524 g/mol. The lowest BCUT2D eigenvalue weighted by Crippen LogP contribution is -2.28. The minimum absolute atomic E-state index is 0.271.